The zero-order valence-electron chi connectivity index (χ0n) is 41.5. The van der Waals surface area contributed by atoms with Crippen LogP contribution in [0.5, 0.6) is 0 Å². The first-order chi connectivity index (χ1) is 31.3. The maximum absolute atomic E-state index is 13.0. The third-order valence-corrected chi connectivity index (χ3v) is 12.9. The van der Waals surface area contributed by atoms with Gasteiger partial charge in [-0.05, 0) is 57.8 Å². The summed E-state index contributed by atoms with van der Waals surface area (Å²) in [7, 11) is 0. The molecule has 1 heterocycles. The van der Waals surface area contributed by atoms with Gasteiger partial charge in [0.1, 0.15) is 24.4 Å². The summed E-state index contributed by atoms with van der Waals surface area (Å²) in [5.41, 5.74) is 0. The molecule has 1 fully saturated rings. The molecule has 1 aliphatic rings. The normalized spacial score (nSPS) is 20.3. The van der Waals surface area contributed by atoms with E-state index in [1.165, 1.54) is 173 Å². The summed E-state index contributed by atoms with van der Waals surface area (Å²) in [6.07, 6.45) is 50.7. The van der Waals surface area contributed by atoms with Crippen molar-refractivity contribution in [2.45, 2.75) is 294 Å². The third-order valence-electron chi connectivity index (χ3n) is 12.9. The van der Waals surface area contributed by atoms with Crippen LogP contribution in [-0.4, -0.2) is 87.5 Å². The van der Waals surface area contributed by atoms with E-state index in [0.29, 0.717) is 6.42 Å². The minimum absolute atomic E-state index is 0.194. The zero-order valence-corrected chi connectivity index (χ0v) is 41.5. The fraction of sp³-hybridized carbons (Fsp3) is 0.873. The maximum Gasteiger partial charge on any atom is 0.220 e. The minimum Gasteiger partial charge on any atom is -0.394 e. The van der Waals surface area contributed by atoms with Crippen LogP contribution in [0.15, 0.2) is 36.5 Å². The number of carbonyl (C=O) groups is 1. The molecule has 6 N–H and O–H groups in total. The Balaban J connectivity index is 2.26. The number of allylic oxidation sites excluding steroid dienone is 5. The van der Waals surface area contributed by atoms with Gasteiger partial charge in [0.25, 0.3) is 0 Å². The second kappa shape index (κ2) is 45.2. The number of hydrogen-bond donors (Lipinski definition) is 6. The smallest absolute Gasteiger partial charge is 0.220 e. The summed E-state index contributed by atoms with van der Waals surface area (Å²) in [5.74, 6) is -0.194. The molecule has 0 spiro atoms. The molecule has 0 radical (unpaired) electrons. The van der Waals surface area contributed by atoms with E-state index in [4.69, 9.17) is 9.47 Å². The van der Waals surface area contributed by atoms with Crippen molar-refractivity contribution in [2.24, 2.45) is 0 Å². The van der Waals surface area contributed by atoms with Crippen molar-refractivity contribution in [2.75, 3.05) is 13.2 Å². The Morgan fingerprint density at radius 1 is 0.516 bits per heavy atom. The van der Waals surface area contributed by atoms with E-state index >= 15 is 0 Å². The zero-order chi connectivity index (χ0) is 46.6. The number of rotatable bonds is 46. The molecule has 9 heteroatoms. The summed E-state index contributed by atoms with van der Waals surface area (Å²) in [4.78, 5) is 13.0. The van der Waals surface area contributed by atoms with Crippen LogP contribution in [0, 0.1) is 0 Å². The van der Waals surface area contributed by atoms with Crippen molar-refractivity contribution < 1.29 is 39.8 Å². The first-order valence-corrected chi connectivity index (χ1v) is 27.2. The topological polar surface area (TPSA) is 149 Å². The van der Waals surface area contributed by atoms with Crippen molar-refractivity contribution >= 4 is 5.91 Å². The highest BCUT2D eigenvalue weighted by molar-refractivity contribution is 5.76. The van der Waals surface area contributed by atoms with E-state index in [1.54, 1.807) is 6.08 Å². The fourth-order valence-electron chi connectivity index (χ4n) is 8.58. The Kier molecular flexibility index (Phi) is 42.7. The SMILES string of the molecule is CCCCCCCC/C=C\CCCCCCCC(=O)NC(COC1OC(CO)C(O)C(O)C1O)C(O)/C=C/CC/C=C/CCCCCCCCCCCCCCCCCCCCCC. The highest BCUT2D eigenvalue weighted by Crippen LogP contribution is 2.23. The second-order valence-corrected chi connectivity index (χ2v) is 19.0. The van der Waals surface area contributed by atoms with Crippen LogP contribution in [0.2, 0.25) is 0 Å². The van der Waals surface area contributed by atoms with Crippen molar-refractivity contribution in [3.8, 4) is 0 Å². The van der Waals surface area contributed by atoms with E-state index in [0.717, 1.165) is 57.8 Å². The van der Waals surface area contributed by atoms with Gasteiger partial charge in [-0.15, -0.1) is 0 Å². The molecule has 0 bridgehead atoms. The lowest BCUT2D eigenvalue weighted by Gasteiger charge is -2.40. The van der Waals surface area contributed by atoms with E-state index in [1.807, 2.05) is 6.08 Å². The average Bonchev–Trinajstić information content (AvgIpc) is 3.29. The summed E-state index contributed by atoms with van der Waals surface area (Å²) >= 11 is 0. The molecule has 0 aromatic carbocycles. The van der Waals surface area contributed by atoms with E-state index in [-0.39, 0.29) is 12.5 Å². The van der Waals surface area contributed by atoms with Crippen LogP contribution in [0.3, 0.4) is 0 Å². The Bertz CT molecular complexity index is 1100. The van der Waals surface area contributed by atoms with Crippen molar-refractivity contribution in [1.82, 2.24) is 5.32 Å². The van der Waals surface area contributed by atoms with Crippen LogP contribution < -0.4 is 5.32 Å². The lowest BCUT2D eigenvalue weighted by Crippen LogP contribution is -2.60. The van der Waals surface area contributed by atoms with Crippen molar-refractivity contribution in [3.05, 3.63) is 36.5 Å². The highest BCUT2D eigenvalue weighted by atomic mass is 16.7. The molecule has 1 saturated heterocycles. The number of amides is 1. The van der Waals surface area contributed by atoms with Crippen LogP contribution in [0.1, 0.15) is 251 Å². The lowest BCUT2D eigenvalue weighted by atomic mass is 9.99. The molecule has 9 nitrogen and oxygen atoms in total. The fourth-order valence-corrected chi connectivity index (χ4v) is 8.58. The summed E-state index contributed by atoms with van der Waals surface area (Å²) < 4.78 is 11.2. The average molecular weight is 906 g/mol. The van der Waals surface area contributed by atoms with Crippen LogP contribution >= 0.6 is 0 Å². The minimum atomic E-state index is -1.57. The van der Waals surface area contributed by atoms with E-state index in [9.17, 15) is 30.3 Å². The molecule has 0 aromatic rings. The van der Waals surface area contributed by atoms with Gasteiger partial charge in [-0.25, -0.2) is 0 Å². The predicted molar refractivity (Wildman–Crippen MR) is 267 cm³/mol. The van der Waals surface area contributed by atoms with Gasteiger partial charge in [-0.2, -0.15) is 0 Å². The second-order valence-electron chi connectivity index (χ2n) is 19.0. The number of aliphatic hydroxyl groups excluding tert-OH is 5. The van der Waals surface area contributed by atoms with Crippen LogP contribution in [0.4, 0.5) is 0 Å². The molecule has 64 heavy (non-hydrogen) atoms. The Morgan fingerprint density at radius 2 is 0.891 bits per heavy atom. The Morgan fingerprint density at radius 3 is 1.31 bits per heavy atom. The molecule has 0 saturated carbocycles. The third kappa shape index (κ3) is 34.7. The van der Waals surface area contributed by atoms with Gasteiger partial charge in [0.05, 0.1) is 25.4 Å². The molecule has 376 valence electrons. The van der Waals surface area contributed by atoms with Gasteiger partial charge in [0.2, 0.25) is 5.91 Å². The first-order valence-electron chi connectivity index (χ1n) is 27.2. The number of ether oxygens (including phenoxy) is 2. The van der Waals surface area contributed by atoms with E-state index < -0.39 is 49.5 Å². The molecular formula is C55H103NO8. The highest BCUT2D eigenvalue weighted by Gasteiger charge is 2.44. The largest absolute Gasteiger partial charge is 0.394 e. The number of nitrogens with one attached hydrogen (secondary N) is 1. The van der Waals surface area contributed by atoms with Crippen molar-refractivity contribution in [3.63, 3.8) is 0 Å². The van der Waals surface area contributed by atoms with Crippen molar-refractivity contribution in [1.29, 1.82) is 0 Å². The Labute approximate surface area is 393 Å². The number of unbranched alkanes of at least 4 members (excludes halogenated alkanes) is 32. The van der Waals surface area contributed by atoms with Gasteiger partial charge in [0.15, 0.2) is 6.29 Å². The van der Waals surface area contributed by atoms with Gasteiger partial charge >= 0.3 is 0 Å². The molecule has 1 aliphatic heterocycles. The van der Waals surface area contributed by atoms with Gasteiger partial charge in [0, 0.05) is 6.42 Å². The summed E-state index contributed by atoms with van der Waals surface area (Å²) in [5, 5.41) is 54.3. The monoisotopic (exact) mass is 906 g/mol. The standard InChI is InChI=1S/C55H103NO8/c1-3-5-7-9-11-13-15-17-19-20-21-22-23-24-25-26-27-28-29-31-32-34-36-38-40-42-44-49(58)48(47-63-55-54(62)53(61)52(60)50(46-57)64-55)56-51(59)45-43-41-39-37-35-33-30-18-16-14-12-10-8-6-4-2/h18,30,34,36,42,44,48-50,52-55,57-58,60-62H,3-17,19-29,31-33,35,37-41,43,45-47H2,1-2H3,(H,56,59)/b30-18-,36-34+,44-42+. The maximum atomic E-state index is 13.0. The number of carbonyl (C=O) groups excluding carboxylic acids is 1. The molecule has 1 rings (SSSR count). The lowest BCUT2D eigenvalue weighted by molar-refractivity contribution is -0.302. The van der Waals surface area contributed by atoms with Crippen LogP contribution in [-0.2, 0) is 14.3 Å². The van der Waals surface area contributed by atoms with Crippen LogP contribution in [0.25, 0.3) is 0 Å². The van der Waals surface area contributed by atoms with Gasteiger partial charge < -0.3 is 40.3 Å². The molecular weight excluding hydrogens is 803 g/mol. The number of aliphatic hydroxyl groups is 5. The molecule has 7 atom stereocenters. The predicted octanol–water partition coefficient (Wildman–Crippen LogP) is 12.8. The molecule has 0 aromatic heterocycles. The van der Waals surface area contributed by atoms with Gasteiger partial charge in [-0.1, -0.05) is 224 Å². The Hall–Kier alpha value is -1.59. The molecule has 7 unspecified atom stereocenters. The van der Waals surface area contributed by atoms with E-state index in [2.05, 4.69) is 43.5 Å². The quantitative estimate of drug-likeness (QED) is 0.0261. The summed E-state index contributed by atoms with van der Waals surface area (Å²) in [6.45, 7) is 3.77. The number of hydrogen-bond acceptors (Lipinski definition) is 8. The molecule has 1 amide bonds. The summed E-state index contributed by atoms with van der Waals surface area (Å²) in [6, 6.07) is -0.825. The van der Waals surface area contributed by atoms with Gasteiger partial charge in [-0.3, -0.25) is 4.79 Å². The molecule has 0 aliphatic carbocycles. The first kappa shape index (κ1) is 60.4.